The van der Waals surface area contributed by atoms with Gasteiger partial charge in [0.25, 0.3) is 12.6 Å². The number of ether oxygens (including phenoxy) is 6. The van der Waals surface area contributed by atoms with Gasteiger partial charge < -0.3 is 28.4 Å². The lowest BCUT2D eigenvalue weighted by atomic mass is 10.3. The Morgan fingerprint density at radius 3 is 1.27 bits per heavy atom. The highest BCUT2D eigenvalue weighted by atomic mass is 16.8. The molecule has 0 N–H and O–H groups in total. The normalized spacial score (nSPS) is 21.5. The van der Waals surface area contributed by atoms with Crippen LogP contribution in [0.1, 0.15) is 25.7 Å². The van der Waals surface area contributed by atoms with Gasteiger partial charge in [0.1, 0.15) is 0 Å². The summed E-state index contributed by atoms with van der Waals surface area (Å²) in [5, 5.41) is 0. The molecule has 0 aromatic heterocycles. The summed E-state index contributed by atoms with van der Waals surface area (Å²) < 4.78 is 29.0. The predicted octanol–water partition coefficient (Wildman–Crippen LogP) is 0.499. The van der Waals surface area contributed by atoms with E-state index in [9.17, 15) is 14.4 Å². The van der Waals surface area contributed by atoms with Gasteiger partial charge in [0.05, 0.1) is 26.4 Å². The molecule has 0 amide bonds. The quantitative estimate of drug-likeness (QED) is 0.531. The van der Waals surface area contributed by atoms with Crippen molar-refractivity contribution in [1.82, 2.24) is 0 Å². The first kappa shape index (κ1) is 16.8. The molecule has 0 aromatic carbocycles. The molecule has 2 rings (SSSR count). The fourth-order valence-corrected chi connectivity index (χ4v) is 1.82. The SMILES string of the molecule is O=C(OC(=O)C1OCCCCO1)OC(=O)C1OCCCCO1. The van der Waals surface area contributed by atoms with E-state index >= 15 is 0 Å². The van der Waals surface area contributed by atoms with Crippen LogP contribution in [-0.4, -0.2) is 57.1 Å². The zero-order valence-electron chi connectivity index (χ0n) is 12.0. The average Bonchev–Trinajstić information content (AvgIpc) is 2.92. The Hall–Kier alpha value is -1.55. The van der Waals surface area contributed by atoms with Gasteiger partial charge in [-0.2, -0.15) is 0 Å². The summed E-state index contributed by atoms with van der Waals surface area (Å²) in [6.07, 6.45) is -1.10. The predicted molar refractivity (Wildman–Crippen MR) is 67.4 cm³/mol. The highest BCUT2D eigenvalue weighted by Gasteiger charge is 2.30. The third kappa shape index (κ3) is 5.34. The standard InChI is InChI=1S/C13H18O9/c14-9(11-17-5-1-2-6-18-11)21-13(16)22-10(15)12-19-7-3-4-8-20-12/h11-12H,1-8H2. The lowest BCUT2D eigenvalue weighted by molar-refractivity contribution is -0.193. The van der Waals surface area contributed by atoms with Crippen LogP contribution in [0.3, 0.4) is 0 Å². The van der Waals surface area contributed by atoms with E-state index < -0.39 is 30.7 Å². The van der Waals surface area contributed by atoms with Crippen LogP contribution in [0.15, 0.2) is 0 Å². The molecule has 2 aliphatic heterocycles. The molecule has 0 radical (unpaired) electrons. The molecule has 0 bridgehead atoms. The molecule has 9 nitrogen and oxygen atoms in total. The first-order valence-electron chi connectivity index (χ1n) is 7.10. The fraction of sp³-hybridized carbons (Fsp3) is 0.769. The van der Waals surface area contributed by atoms with E-state index in [2.05, 4.69) is 9.47 Å². The van der Waals surface area contributed by atoms with Crippen molar-refractivity contribution in [2.75, 3.05) is 26.4 Å². The van der Waals surface area contributed by atoms with Gasteiger partial charge in [0.15, 0.2) is 0 Å². The molecule has 0 atom stereocenters. The summed E-state index contributed by atoms with van der Waals surface area (Å²) in [7, 11) is 0. The van der Waals surface area contributed by atoms with E-state index in [4.69, 9.17) is 18.9 Å². The van der Waals surface area contributed by atoms with E-state index in [0.29, 0.717) is 26.4 Å². The van der Waals surface area contributed by atoms with Gasteiger partial charge in [-0.15, -0.1) is 0 Å². The van der Waals surface area contributed by atoms with Crippen molar-refractivity contribution in [2.45, 2.75) is 38.3 Å². The Morgan fingerprint density at radius 1 is 0.636 bits per heavy atom. The maximum absolute atomic E-state index is 11.6. The van der Waals surface area contributed by atoms with Crippen molar-refractivity contribution in [3.63, 3.8) is 0 Å². The van der Waals surface area contributed by atoms with Gasteiger partial charge in [-0.05, 0) is 25.7 Å². The molecule has 0 spiro atoms. The van der Waals surface area contributed by atoms with Gasteiger partial charge in [-0.25, -0.2) is 14.4 Å². The van der Waals surface area contributed by atoms with Crippen LogP contribution in [0.25, 0.3) is 0 Å². The number of carbonyl (C=O) groups excluding carboxylic acids is 3. The Labute approximate surface area is 126 Å². The minimum Gasteiger partial charge on any atom is -0.356 e. The molecule has 9 heteroatoms. The number of hydrogen-bond acceptors (Lipinski definition) is 9. The molecular weight excluding hydrogens is 300 g/mol. The van der Waals surface area contributed by atoms with Crippen LogP contribution in [0, 0.1) is 0 Å². The van der Waals surface area contributed by atoms with Crippen molar-refractivity contribution in [2.24, 2.45) is 0 Å². The molecule has 2 aliphatic rings. The largest absolute Gasteiger partial charge is 0.524 e. The van der Waals surface area contributed by atoms with Crippen molar-refractivity contribution in [3.8, 4) is 0 Å². The monoisotopic (exact) mass is 318 g/mol. The first-order chi connectivity index (χ1) is 10.7. The van der Waals surface area contributed by atoms with E-state index in [-0.39, 0.29) is 0 Å². The van der Waals surface area contributed by atoms with Crippen LogP contribution in [0.4, 0.5) is 4.79 Å². The second-order valence-electron chi connectivity index (χ2n) is 4.65. The minimum atomic E-state index is -1.47. The smallest absolute Gasteiger partial charge is 0.356 e. The molecule has 2 saturated heterocycles. The van der Waals surface area contributed by atoms with Crippen molar-refractivity contribution in [3.05, 3.63) is 0 Å². The minimum absolute atomic E-state index is 0.317. The third-order valence-electron chi connectivity index (χ3n) is 2.91. The number of hydrogen-bond donors (Lipinski definition) is 0. The fourth-order valence-electron chi connectivity index (χ4n) is 1.82. The van der Waals surface area contributed by atoms with E-state index in [1.807, 2.05) is 0 Å². The molecular formula is C13H18O9. The Bertz CT molecular complexity index is 356. The molecule has 0 saturated carbocycles. The van der Waals surface area contributed by atoms with Gasteiger partial charge >= 0.3 is 18.1 Å². The second kappa shape index (κ2) is 8.79. The lowest BCUT2D eigenvalue weighted by Gasteiger charge is -2.14. The highest BCUT2D eigenvalue weighted by molar-refractivity contribution is 5.90. The van der Waals surface area contributed by atoms with Gasteiger partial charge in [0, 0.05) is 0 Å². The molecule has 0 unspecified atom stereocenters. The van der Waals surface area contributed by atoms with Gasteiger partial charge in [-0.3, -0.25) is 0 Å². The summed E-state index contributed by atoms with van der Waals surface area (Å²) in [4.78, 5) is 34.7. The van der Waals surface area contributed by atoms with Crippen molar-refractivity contribution < 1.29 is 42.8 Å². The zero-order valence-corrected chi connectivity index (χ0v) is 12.0. The molecule has 2 fully saturated rings. The number of esters is 2. The van der Waals surface area contributed by atoms with Gasteiger partial charge in [-0.1, -0.05) is 0 Å². The molecule has 124 valence electrons. The van der Waals surface area contributed by atoms with Gasteiger partial charge in [0.2, 0.25) is 0 Å². The Balaban J connectivity index is 1.76. The average molecular weight is 318 g/mol. The summed E-state index contributed by atoms with van der Waals surface area (Å²) >= 11 is 0. The maximum atomic E-state index is 11.6. The summed E-state index contributed by atoms with van der Waals surface area (Å²) in [5.74, 6) is -2.13. The van der Waals surface area contributed by atoms with Crippen LogP contribution < -0.4 is 0 Å². The lowest BCUT2D eigenvalue weighted by Crippen LogP contribution is -2.34. The first-order valence-corrected chi connectivity index (χ1v) is 7.10. The molecule has 0 aliphatic carbocycles. The van der Waals surface area contributed by atoms with Crippen LogP contribution in [0.2, 0.25) is 0 Å². The highest BCUT2D eigenvalue weighted by Crippen LogP contribution is 2.10. The van der Waals surface area contributed by atoms with Crippen LogP contribution in [0.5, 0.6) is 0 Å². The van der Waals surface area contributed by atoms with E-state index in [0.717, 1.165) is 25.7 Å². The molecule has 2 heterocycles. The zero-order chi connectivity index (χ0) is 15.8. The summed E-state index contributed by atoms with van der Waals surface area (Å²) in [6, 6.07) is 0. The number of rotatable bonds is 2. The van der Waals surface area contributed by atoms with E-state index in [1.54, 1.807) is 0 Å². The summed E-state index contributed by atoms with van der Waals surface area (Å²) in [5.41, 5.74) is 0. The van der Waals surface area contributed by atoms with Crippen molar-refractivity contribution >= 4 is 18.1 Å². The number of carbonyl (C=O) groups is 3. The maximum Gasteiger partial charge on any atom is 0.524 e. The molecule has 22 heavy (non-hydrogen) atoms. The second-order valence-corrected chi connectivity index (χ2v) is 4.65. The Kier molecular flexibility index (Phi) is 6.72. The molecule has 0 aromatic rings. The van der Waals surface area contributed by atoms with Crippen molar-refractivity contribution in [1.29, 1.82) is 0 Å². The Morgan fingerprint density at radius 2 is 0.955 bits per heavy atom. The third-order valence-corrected chi connectivity index (χ3v) is 2.91. The van der Waals surface area contributed by atoms with E-state index in [1.165, 1.54) is 0 Å². The van der Waals surface area contributed by atoms with Crippen LogP contribution >= 0.6 is 0 Å². The topological polar surface area (TPSA) is 107 Å². The summed E-state index contributed by atoms with van der Waals surface area (Å²) in [6.45, 7) is 1.27. The van der Waals surface area contributed by atoms with Crippen LogP contribution in [-0.2, 0) is 38.0 Å².